The van der Waals surface area contributed by atoms with Crippen molar-refractivity contribution < 1.29 is 0 Å². The molecule has 2 aromatic heterocycles. The number of fused-ring (bicyclic) bond motifs is 3. The molecule has 100 valence electrons. The first-order chi connectivity index (χ1) is 9.29. The Morgan fingerprint density at radius 1 is 1.37 bits per heavy atom. The first kappa shape index (κ1) is 11.9. The van der Waals surface area contributed by atoms with Crippen molar-refractivity contribution in [2.24, 2.45) is 23.5 Å². The van der Waals surface area contributed by atoms with Crippen molar-refractivity contribution in [1.82, 2.24) is 4.98 Å². The highest BCUT2D eigenvalue weighted by Crippen LogP contribution is 2.50. The largest absolute Gasteiger partial charge is 0.324 e. The lowest BCUT2D eigenvalue weighted by molar-refractivity contribution is 0.296. The molecule has 4 unspecified atom stereocenters. The highest BCUT2D eigenvalue weighted by molar-refractivity contribution is 7.17. The van der Waals surface area contributed by atoms with Gasteiger partial charge in [-0.15, -0.1) is 11.3 Å². The fourth-order valence-corrected chi connectivity index (χ4v) is 4.98. The second-order valence-electron chi connectivity index (χ2n) is 6.35. The van der Waals surface area contributed by atoms with Crippen molar-refractivity contribution in [3.63, 3.8) is 0 Å². The molecule has 0 aliphatic heterocycles. The van der Waals surface area contributed by atoms with Crippen LogP contribution in [0.4, 0.5) is 0 Å². The monoisotopic (exact) mass is 272 g/mol. The van der Waals surface area contributed by atoms with Crippen LogP contribution in [0.15, 0.2) is 23.7 Å². The van der Waals surface area contributed by atoms with Gasteiger partial charge in [-0.25, -0.2) is 0 Å². The number of thiophene rings is 1. The molecule has 2 aliphatic rings. The molecule has 3 heteroatoms. The van der Waals surface area contributed by atoms with Gasteiger partial charge in [-0.3, -0.25) is 4.98 Å². The van der Waals surface area contributed by atoms with Crippen LogP contribution in [0.1, 0.15) is 43.7 Å². The van der Waals surface area contributed by atoms with E-state index in [0.717, 1.165) is 29.7 Å². The van der Waals surface area contributed by atoms with Gasteiger partial charge >= 0.3 is 0 Å². The van der Waals surface area contributed by atoms with Gasteiger partial charge < -0.3 is 5.73 Å². The lowest BCUT2D eigenvalue weighted by atomic mass is 9.83. The molecule has 0 saturated heterocycles. The SMILES string of the molecule is NC(CC1CC2CCC1C2)c1cnc2ccsc2c1. The van der Waals surface area contributed by atoms with E-state index in [1.807, 2.05) is 6.20 Å². The second-order valence-corrected chi connectivity index (χ2v) is 7.30. The standard InChI is InChI=1S/C16H20N2S/c17-14(7-12-6-10-1-2-11(12)5-10)13-8-16-15(18-9-13)3-4-19-16/h3-4,8-12,14H,1-2,5-7,17H2. The quantitative estimate of drug-likeness (QED) is 0.912. The van der Waals surface area contributed by atoms with Gasteiger partial charge in [0, 0.05) is 12.2 Å². The van der Waals surface area contributed by atoms with Crippen molar-refractivity contribution in [3.05, 3.63) is 29.3 Å². The molecule has 2 heterocycles. The Kier molecular flexibility index (Phi) is 2.85. The summed E-state index contributed by atoms with van der Waals surface area (Å²) in [4.78, 5) is 4.52. The summed E-state index contributed by atoms with van der Waals surface area (Å²) >= 11 is 1.76. The average molecular weight is 272 g/mol. The van der Waals surface area contributed by atoms with E-state index in [9.17, 15) is 0 Å². The fourth-order valence-electron chi connectivity index (χ4n) is 4.19. The van der Waals surface area contributed by atoms with E-state index < -0.39 is 0 Å². The molecule has 2 aromatic rings. The summed E-state index contributed by atoms with van der Waals surface area (Å²) in [6.45, 7) is 0. The van der Waals surface area contributed by atoms with Crippen LogP contribution >= 0.6 is 11.3 Å². The number of hydrogen-bond acceptors (Lipinski definition) is 3. The van der Waals surface area contributed by atoms with E-state index in [1.165, 1.54) is 35.9 Å². The maximum absolute atomic E-state index is 6.43. The van der Waals surface area contributed by atoms with Crippen LogP contribution in [0.25, 0.3) is 10.2 Å². The average Bonchev–Trinajstić information content (AvgIpc) is 3.13. The zero-order valence-corrected chi connectivity index (χ0v) is 11.9. The van der Waals surface area contributed by atoms with Crippen molar-refractivity contribution in [1.29, 1.82) is 0 Å². The van der Waals surface area contributed by atoms with Crippen molar-refractivity contribution >= 4 is 21.6 Å². The van der Waals surface area contributed by atoms with Crippen molar-refractivity contribution in [3.8, 4) is 0 Å². The van der Waals surface area contributed by atoms with E-state index in [0.29, 0.717) is 0 Å². The zero-order valence-electron chi connectivity index (χ0n) is 11.1. The van der Waals surface area contributed by atoms with E-state index in [2.05, 4.69) is 22.5 Å². The smallest absolute Gasteiger partial charge is 0.0809 e. The Labute approximate surface area is 118 Å². The third-order valence-corrected chi connectivity index (χ3v) is 6.05. The summed E-state index contributed by atoms with van der Waals surface area (Å²) in [7, 11) is 0. The Morgan fingerprint density at radius 3 is 3.11 bits per heavy atom. The topological polar surface area (TPSA) is 38.9 Å². The zero-order chi connectivity index (χ0) is 12.8. The molecule has 2 fully saturated rings. The Bertz CT molecular complexity index is 591. The first-order valence-electron chi connectivity index (χ1n) is 7.38. The molecule has 2 nitrogen and oxygen atoms in total. The van der Waals surface area contributed by atoms with Crippen molar-refractivity contribution in [2.45, 2.75) is 38.1 Å². The van der Waals surface area contributed by atoms with Crippen LogP contribution in [0.3, 0.4) is 0 Å². The molecule has 0 radical (unpaired) electrons. The fraction of sp³-hybridized carbons (Fsp3) is 0.562. The number of nitrogens with zero attached hydrogens (tertiary/aromatic N) is 1. The molecule has 2 N–H and O–H groups in total. The Hall–Kier alpha value is -0.930. The lowest BCUT2D eigenvalue weighted by Crippen LogP contribution is -2.19. The predicted molar refractivity (Wildman–Crippen MR) is 80.1 cm³/mol. The third-order valence-electron chi connectivity index (χ3n) is 5.19. The molecule has 0 spiro atoms. The molecule has 0 amide bonds. The summed E-state index contributed by atoms with van der Waals surface area (Å²) in [5, 5.41) is 2.10. The summed E-state index contributed by atoms with van der Waals surface area (Å²) in [6, 6.07) is 4.49. The normalized spacial score (nSPS) is 31.1. The van der Waals surface area contributed by atoms with Crippen LogP contribution in [0, 0.1) is 17.8 Å². The van der Waals surface area contributed by atoms with Crippen molar-refractivity contribution in [2.75, 3.05) is 0 Å². The molecular formula is C16H20N2S. The molecule has 4 atom stereocenters. The number of rotatable bonds is 3. The summed E-state index contributed by atoms with van der Waals surface area (Å²) in [5.74, 6) is 2.85. The molecular weight excluding hydrogens is 252 g/mol. The molecule has 0 aromatic carbocycles. The number of pyridine rings is 1. The highest BCUT2D eigenvalue weighted by atomic mass is 32.1. The van der Waals surface area contributed by atoms with Gasteiger partial charge in [-0.05, 0) is 66.5 Å². The van der Waals surface area contributed by atoms with Crippen LogP contribution in [0.5, 0.6) is 0 Å². The minimum Gasteiger partial charge on any atom is -0.324 e. The van der Waals surface area contributed by atoms with Gasteiger partial charge in [-0.1, -0.05) is 6.42 Å². The molecule has 2 bridgehead atoms. The van der Waals surface area contributed by atoms with Crippen LogP contribution in [-0.2, 0) is 0 Å². The number of nitrogens with two attached hydrogens (primary N) is 1. The van der Waals surface area contributed by atoms with E-state index in [4.69, 9.17) is 5.73 Å². The lowest BCUT2D eigenvalue weighted by Gasteiger charge is -2.24. The predicted octanol–water partition coefficient (Wildman–Crippen LogP) is 4.12. The van der Waals surface area contributed by atoms with Gasteiger partial charge in [0.25, 0.3) is 0 Å². The van der Waals surface area contributed by atoms with Crippen LogP contribution in [0.2, 0.25) is 0 Å². The van der Waals surface area contributed by atoms with Gasteiger partial charge in [0.1, 0.15) is 0 Å². The summed E-state index contributed by atoms with van der Waals surface area (Å²) in [6.07, 6.45) is 8.95. The minimum absolute atomic E-state index is 0.170. The summed E-state index contributed by atoms with van der Waals surface area (Å²) in [5.41, 5.74) is 8.75. The van der Waals surface area contributed by atoms with Gasteiger partial charge in [0.2, 0.25) is 0 Å². The van der Waals surface area contributed by atoms with E-state index >= 15 is 0 Å². The van der Waals surface area contributed by atoms with Crippen LogP contribution < -0.4 is 5.73 Å². The molecule has 19 heavy (non-hydrogen) atoms. The second kappa shape index (κ2) is 4.57. The van der Waals surface area contributed by atoms with Gasteiger partial charge in [0.05, 0.1) is 10.2 Å². The van der Waals surface area contributed by atoms with Gasteiger partial charge in [0.15, 0.2) is 0 Å². The number of hydrogen-bond donors (Lipinski definition) is 1. The minimum atomic E-state index is 0.170. The Morgan fingerprint density at radius 2 is 2.32 bits per heavy atom. The Balaban J connectivity index is 1.51. The highest BCUT2D eigenvalue weighted by Gasteiger charge is 2.39. The van der Waals surface area contributed by atoms with Gasteiger partial charge in [-0.2, -0.15) is 0 Å². The maximum Gasteiger partial charge on any atom is 0.0809 e. The molecule has 4 rings (SSSR count). The van der Waals surface area contributed by atoms with E-state index in [-0.39, 0.29) is 6.04 Å². The maximum atomic E-state index is 6.43. The third kappa shape index (κ3) is 2.09. The molecule has 2 saturated carbocycles. The van der Waals surface area contributed by atoms with E-state index in [1.54, 1.807) is 11.3 Å². The number of aromatic nitrogens is 1. The summed E-state index contributed by atoms with van der Waals surface area (Å²) < 4.78 is 1.26. The van der Waals surface area contributed by atoms with Crippen LogP contribution in [-0.4, -0.2) is 4.98 Å². The first-order valence-corrected chi connectivity index (χ1v) is 8.26. The molecule has 2 aliphatic carbocycles.